The van der Waals surface area contributed by atoms with Gasteiger partial charge in [-0.1, -0.05) is 0 Å². The maximum Gasteiger partial charge on any atom is 0.149 e. The zero-order valence-corrected chi connectivity index (χ0v) is 5.21. The van der Waals surface area contributed by atoms with E-state index in [1.54, 1.807) is 0 Å². The maximum absolute atomic E-state index is 12.5. The van der Waals surface area contributed by atoms with Crippen LogP contribution in [0.2, 0.25) is 0 Å². The summed E-state index contributed by atoms with van der Waals surface area (Å²) in [5.41, 5.74) is 5.28. The summed E-state index contributed by atoms with van der Waals surface area (Å²) in [6.45, 7) is 0.0477. The van der Waals surface area contributed by atoms with Gasteiger partial charge in [0.1, 0.15) is 11.6 Å². The number of aromatic nitrogens is 1. The number of nitrogens with two attached hydrogens (primary N) is 1. The highest BCUT2D eigenvalue weighted by molar-refractivity contribution is 5.19. The quantitative estimate of drug-likeness (QED) is 0.596. The molecule has 0 aromatic carbocycles. The van der Waals surface area contributed by atoms with Gasteiger partial charge in [-0.3, -0.25) is 4.98 Å². The Labute approximate surface area is 57.3 Å². The Morgan fingerprint density at radius 3 is 2.90 bits per heavy atom. The Bertz CT molecular complexity index is 239. The number of rotatable bonds is 1. The van der Waals surface area contributed by atoms with Crippen LogP contribution >= 0.6 is 0 Å². The largest absolute Gasteiger partial charge is 0.506 e. The van der Waals surface area contributed by atoms with Crippen LogP contribution in [0.25, 0.3) is 0 Å². The van der Waals surface area contributed by atoms with Gasteiger partial charge in [0.25, 0.3) is 0 Å². The van der Waals surface area contributed by atoms with Crippen LogP contribution in [0.4, 0.5) is 4.39 Å². The van der Waals surface area contributed by atoms with Gasteiger partial charge in [0.05, 0.1) is 11.9 Å². The Balaban J connectivity index is 3.07. The number of halogens is 1. The fraction of sp³-hybridized carbons (Fsp3) is 0.167. The Morgan fingerprint density at radius 2 is 2.40 bits per heavy atom. The van der Waals surface area contributed by atoms with E-state index in [9.17, 15) is 4.39 Å². The van der Waals surface area contributed by atoms with Gasteiger partial charge in [-0.2, -0.15) is 0 Å². The van der Waals surface area contributed by atoms with E-state index in [0.29, 0.717) is 0 Å². The number of hydrogen-bond donors (Lipinski definition) is 2. The summed E-state index contributed by atoms with van der Waals surface area (Å²) in [6, 6.07) is 0.981. The minimum absolute atomic E-state index is 0.0477. The Hall–Kier alpha value is -1.16. The third kappa shape index (κ3) is 1.22. The molecule has 0 saturated heterocycles. The lowest BCUT2D eigenvalue weighted by molar-refractivity contribution is 0.463. The van der Waals surface area contributed by atoms with Crippen molar-refractivity contribution in [2.75, 3.05) is 0 Å². The first-order valence-electron chi connectivity index (χ1n) is 2.77. The molecule has 0 aliphatic rings. The predicted octanol–water partition coefficient (Wildman–Crippen LogP) is 0.385. The van der Waals surface area contributed by atoms with Crippen LogP contribution in [-0.2, 0) is 6.54 Å². The van der Waals surface area contributed by atoms with Crippen molar-refractivity contribution in [1.82, 2.24) is 4.98 Å². The lowest BCUT2D eigenvalue weighted by atomic mass is 10.3. The molecule has 0 spiro atoms. The standard InChI is InChI=1S/C6H7FN2O/c7-5-1-4(10)3-9-6(5)2-8/h1,3,10H,2,8H2. The SMILES string of the molecule is NCc1ncc(O)cc1F. The molecule has 0 unspecified atom stereocenters. The lowest BCUT2D eigenvalue weighted by Crippen LogP contribution is -2.01. The summed E-state index contributed by atoms with van der Waals surface area (Å²) in [5, 5.41) is 8.69. The van der Waals surface area contributed by atoms with E-state index in [1.165, 1.54) is 0 Å². The number of hydrogen-bond acceptors (Lipinski definition) is 3. The maximum atomic E-state index is 12.5. The summed E-state index contributed by atoms with van der Waals surface area (Å²) in [7, 11) is 0. The third-order valence-electron chi connectivity index (χ3n) is 1.10. The number of aromatic hydroxyl groups is 1. The summed E-state index contributed by atoms with van der Waals surface area (Å²) in [6.07, 6.45) is 1.16. The van der Waals surface area contributed by atoms with Crippen molar-refractivity contribution in [3.05, 3.63) is 23.8 Å². The first kappa shape index (κ1) is 6.95. The number of pyridine rings is 1. The Kier molecular flexibility index (Phi) is 1.82. The molecular weight excluding hydrogens is 135 g/mol. The molecule has 0 aliphatic carbocycles. The van der Waals surface area contributed by atoms with Crippen molar-refractivity contribution in [3.8, 4) is 5.75 Å². The lowest BCUT2D eigenvalue weighted by Gasteiger charge is -1.96. The molecule has 1 aromatic rings. The summed E-state index contributed by atoms with van der Waals surface area (Å²) in [5.74, 6) is -0.753. The van der Waals surface area contributed by atoms with Crippen molar-refractivity contribution < 1.29 is 9.50 Å². The van der Waals surface area contributed by atoms with Gasteiger partial charge >= 0.3 is 0 Å². The molecule has 0 amide bonds. The molecule has 0 saturated carbocycles. The molecule has 3 N–H and O–H groups in total. The van der Waals surface area contributed by atoms with Gasteiger partial charge in [-0.15, -0.1) is 0 Å². The molecule has 1 aromatic heterocycles. The molecule has 1 heterocycles. The van der Waals surface area contributed by atoms with Crippen LogP contribution in [0.3, 0.4) is 0 Å². The molecule has 4 heteroatoms. The normalized spacial score (nSPS) is 9.80. The average molecular weight is 142 g/mol. The minimum Gasteiger partial charge on any atom is -0.506 e. The zero-order chi connectivity index (χ0) is 7.56. The smallest absolute Gasteiger partial charge is 0.149 e. The van der Waals surface area contributed by atoms with Crippen LogP contribution in [-0.4, -0.2) is 10.1 Å². The van der Waals surface area contributed by atoms with Crippen molar-refractivity contribution in [2.24, 2.45) is 5.73 Å². The van der Waals surface area contributed by atoms with E-state index in [2.05, 4.69) is 4.98 Å². The van der Waals surface area contributed by atoms with Crippen LogP contribution < -0.4 is 5.73 Å². The highest BCUT2D eigenvalue weighted by atomic mass is 19.1. The molecule has 0 radical (unpaired) electrons. The predicted molar refractivity (Wildman–Crippen MR) is 33.8 cm³/mol. The first-order chi connectivity index (χ1) is 4.74. The van der Waals surface area contributed by atoms with Gasteiger partial charge in [0.2, 0.25) is 0 Å². The van der Waals surface area contributed by atoms with Crippen LogP contribution in [0.1, 0.15) is 5.69 Å². The molecule has 0 aliphatic heterocycles. The third-order valence-corrected chi connectivity index (χ3v) is 1.10. The highest BCUT2D eigenvalue weighted by Gasteiger charge is 2.00. The van der Waals surface area contributed by atoms with Crippen molar-refractivity contribution in [1.29, 1.82) is 0 Å². The summed E-state index contributed by atoms with van der Waals surface area (Å²) in [4.78, 5) is 3.55. The van der Waals surface area contributed by atoms with Gasteiger partial charge in [-0.05, 0) is 0 Å². The molecule has 10 heavy (non-hydrogen) atoms. The van der Waals surface area contributed by atoms with Gasteiger partial charge < -0.3 is 10.8 Å². The van der Waals surface area contributed by atoms with Gasteiger partial charge in [0.15, 0.2) is 0 Å². The zero-order valence-electron chi connectivity index (χ0n) is 5.21. The minimum atomic E-state index is -0.567. The fourth-order valence-electron chi connectivity index (χ4n) is 0.606. The molecule has 1 rings (SSSR count). The second-order valence-corrected chi connectivity index (χ2v) is 1.83. The molecule has 0 atom stereocenters. The summed E-state index contributed by atoms with van der Waals surface area (Å²) >= 11 is 0. The van der Waals surface area contributed by atoms with Crippen molar-refractivity contribution in [3.63, 3.8) is 0 Å². The number of nitrogens with zero attached hydrogens (tertiary/aromatic N) is 1. The van der Waals surface area contributed by atoms with E-state index < -0.39 is 5.82 Å². The highest BCUT2D eigenvalue weighted by Crippen LogP contribution is 2.10. The van der Waals surface area contributed by atoms with Crippen molar-refractivity contribution >= 4 is 0 Å². The van der Waals surface area contributed by atoms with Crippen LogP contribution in [0, 0.1) is 5.82 Å². The van der Waals surface area contributed by atoms with Crippen LogP contribution in [0.5, 0.6) is 5.75 Å². The molecule has 3 nitrogen and oxygen atoms in total. The Morgan fingerprint density at radius 1 is 1.70 bits per heavy atom. The molecule has 54 valence electrons. The monoisotopic (exact) mass is 142 g/mol. The second-order valence-electron chi connectivity index (χ2n) is 1.83. The van der Waals surface area contributed by atoms with Gasteiger partial charge in [0, 0.05) is 12.6 Å². The second kappa shape index (κ2) is 2.62. The van der Waals surface area contributed by atoms with Crippen molar-refractivity contribution in [2.45, 2.75) is 6.54 Å². The van der Waals surface area contributed by atoms with E-state index in [4.69, 9.17) is 10.8 Å². The van der Waals surface area contributed by atoms with E-state index in [-0.39, 0.29) is 18.0 Å². The molecule has 0 bridgehead atoms. The first-order valence-corrected chi connectivity index (χ1v) is 2.77. The topological polar surface area (TPSA) is 59.1 Å². The fourth-order valence-corrected chi connectivity index (χ4v) is 0.606. The van der Waals surface area contributed by atoms with E-state index in [1.807, 2.05) is 0 Å². The van der Waals surface area contributed by atoms with Crippen LogP contribution in [0.15, 0.2) is 12.3 Å². The average Bonchev–Trinajstić information content (AvgIpc) is 1.88. The van der Waals surface area contributed by atoms with E-state index >= 15 is 0 Å². The van der Waals surface area contributed by atoms with Gasteiger partial charge in [-0.25, -0.2) is 4.39 Å². The molecular formula is C6H7FN2O. The molecule has 0 fully saturated rings. The summed E-state index contributed by atoms with van der Waals surface area (Å²) < 4.78 is 12.5. The van der Waals surface area contributed by atoms with E-state index in [0.717, 1.165) is 12.3 Å².